The minimum Gasteiger partial charge on any atom is -0.746 e. The van der Waals surface area contributed by atoms with E-state index < -0.39 is 37.4 Å². The Morgan fingerprint density at radius 3 is 1.20 bits per heavy atom. The number of halogens is 3. The van der Waals surface area contributed by atoms with Gasteiger partial charge in [0.15, 0.2) is 16.4 Å². The van der Waals surface area contributed by atoms with Crippen molar-refractivity contribution in [2.75, 3.05) is 37.3 Å². The Morgan fingerprint density at radius 2 is 0.795 bits per heavy atom. The van der Waals surface area contributed by atoms with Gasteiger partial charge in [-0.15, -0.1) is 25.3 Å². The maximum atomic E-state index is 13.1. The van der Waals surface area contributed by atoms with Gasteiger partial charge in [0.2, 0.25) is 5.39 Å². The SMILES string of the molecule is COc1ccc(C(N)=O)c(N=Nc2c(O)c(C(=O)Nc3ccc(Cl)cc3C)cc3ccccc23)c1.COc1ccc(C(N)=O)c(N=Nc2c(O)c([C+]=O)cc3ccccc23)c1.COc1ccc(C(N)=O)c([N+]#N)c1.Cc1cc(Cl)ccc1NC(=O)c1cc2ccccc2cc1O.Cc1cc(Cl)ccc1NC(=O)c1cc2ccccc2cc1OP(=O)([O-])O. The predicted molar refractivity (Wildman–Crippen MR) is 466 cm³/mol. The zero-order valence-corrected chi connectivity index (χ0v) is 68.3. The molecular weight excluding hydrogens is 1650 g/mol. The quantitative estimate of drug-likeness (QED) is 0.0156. The summed E-state index contributed by atoms with van der Waals surface area (Å²) >= 11 is 17.8. The third-order valence-electron chi connectivity index (χ3n) is 18.1. The molecule has 0 fully saturated rings. The molecule has 1 atom stereocenters. The summed E-state index contributed by atoms with van der Waals surface area (Å²) in [7, 11) is -0.654. The number of amides is 6. The summed E-state index contributed by atoms with van der Waals surface area (Å²) in [4.78, 5) is 107. The minimum atomic E-state index is -5.08. The molecular formula is C89H71Cl3N12O17P+. The fourth-order valence-electron chi connectivity index (χ4n) is 12.0. The van der Waals surface area contributed by atoms with E-state index in [9.17, 15) is 58.3 Å². The monoisotopic (exact) mass is 1720 g/mol. The molecule has 122 heavy (non-hydrogen) atoms. The van der Waals surface area contributed by atoms with Gasteiger partial charge in [-0.3, -0.25) is 33.3 Å². The number of rotatable bonds is 19. The number of azo groups is 2. The number of hydrogen-bond acceptors (Lipinski definition) is 21. The zero-order valence-electron chi connectivity index (χ0n) is 65.2. The molecule has 6 amide bonds. The summed E-state index contributed by atoms with van der Waals surface area (Å²) < 4.78 is 31.0. The first-order valence-electron chi connectivity index (χ1n) is 36.0. The number of fused-ring (bicyclic) bond motifs is 4. The lowest BCUT2D eigenvalue weighted by atomic mass is 10.0. The molecule has 33 heteroatoms. The fourth-order valence-corrected chi connectivity index (χ4v) is 13.0. The summed E-state index contributed by atoms with van der Waals surface area (Å²) in [6.07, 6.45) is 1.68. The molecule has 0 aliphatic heterocycles. The van der Waals surface area contributed by atoms with E-state index in [-0.39, 0.29) is 96.3 Å². The lowest BCUT2D eigenvalue weighted by Crippen LogP contribution is -2.15. The van der Waals surface area contributed by atoms with Crippen molar-refractivity contribution in [2.45, 2.75) is 20.8 Å². The topological polar surface area (TPSA) is 469 Å². The molecule has 14 aromatic carbocycles. The summed E-state index contributed by atoms with van der Waals surface area (Å²) in [6, 6.07) is 66.9. The molecule has 14 rings (SSSR count). The minimum absolute atomic E-state index is 0.00719. The van der Waals surface area contributed by atoms with Gasteiger partial charge in [0.1, 0.15) is 51.4 Å². The third-order valence-corrected chi connectivity index (χ3v) is 19.2. The van der Waals surface area contributed by atoms with Crippen LogP contribution in [-0.2, 0) is 9.36 Å². The summed E-state index contributed by atoms with van der Waals surface area (Å²) in [5, 5.41) is 72.2. The van der Waals surface area contributed by atoms with Crippen molar-refractivity contribution < 1.29 is 82.0 Å². The molecule has 13 N–H and O–H groups in total. The van der Waals surface area contributed by atoms with Crippen molar-refractivity contribution in [3.05, 3.63) is 318 Å². The molecule has 0 aromatic heterocycles. The van der Waals surface area contributed by atoms with Gasteiger partial charge >= 0.3 is 19.8 Å². The van der Waals surface area contributed by atoms with E-state index in [4.69, 9.17) is 76.5 Å². The number of nitrogens with zero attached hydrogens (tertiary/aromatic N) is 6. The Balaban J connectivity index is 0.000000164. The van der Waals surface area contributed by atoms with E-state index in [0.717, 1.165) is 32.8 Å². The first-order valence-corrected chi connectivity index (χ1v) is 38.6. The highest BCUT2D eigenvalue weighted by molar-refractivity contribution is 7.45. The van der Waals surface area contributed by atoms with E-state index in [1.54, 1.807) is 177 Å². The number of methoxy groups -OCH3 is 3. The number of anilines is 3. The smallest absolute Gasteiger partial charge is 0.401 e. The number of aromatic hydroxyl groups is 3. The molecule has 0 aliphatic carbocycles. The summed E-state index contributed by atoms with van der Waals surface area (Å²) in [5.74, 6) is -3.06. The highest BCUT2D eigenvalue weighted by Crippen LogP contribution is 2.44. The van der Waals surface area contributed by atoms with Gasteiger partial charge in [0.25, 0.3) is 46.8 Å². The van der Waals surface area contributed by atoms with Crippen LogP contribution in [0.4, 0.5) is 45.5 Å². The molecule has 0 aliphatic rings. The summed E-state index contributed by atoms with van der Waals surface area (Å²) in [6.45, 7) is 5.45. The van der Waals surface area contributed by atoms with Gasteiger partial charge in [-0.2, -0.15) is 0 Å². The number of primary amides is 3. The second kappa shape index (κ2) is 40.3. The molecule has 0 bridgehead atoms. The number of hydrogen-bond donors (Lipinski definition) is 10. The van der Waals surface area contributed by atoms with E-state index in [1.807, 2.05) is 38.1 Å². The maximum absolute atomic E-state index is 13.1. The van der Waals surface area contributed by atoms with E-state index in [1.165, 1.54) is 75.9 Å². The van der Waals surface area contributed by atoms with Crippen LogP contribution >= 0.6 is 42.6 Å². The number of aryl methyl sites for hydroxylation is 3. The van der Waals surface area contributed by atoms with E-state index in [2.05, 4.69) is 45.9 Å². The van der Waals surface area contributed by atoms with Crippen LogP contribution in [0, 0.1) is 26.2 Å². The van der Waals surface area contributed by atoms with Crippen LogP contribution in [0.25, 0.3) is 48.1 Å². The van der Waals surface area contributed by atoms with Crippen LogP contribution < -0.4 is 56.8 Å². The second-order valence-electron chi connectivity index (χ2n) is 26.2. The van der Waals surface area contributed by atoms with Gasteiger partial charge in [0, 0.05) is 60.4 Å². The number of nitrogens with two attached hydrogens (primary N) is 3. The van der Waals surface area contributed by atoms with Crippen LogP contribution in [0.1, 0.15) is 84.4 Å². The molecule has 0 saturated heterocycles. The maximum Gasteiger partial charge on any atom is 0.401 e. The largest absolute Gasteiger partial charge is 0.746 e. The van der Waals surface area contributed by atoms with Crippen molar-refractivity contribution in [2.24, 2.45) is 37.7 Å². The van der Waals surface area contributed by atoms with Gasteiger partial charge < -0.3 is 77.0 Å². The standard InChI is InChI=1S/C26H21ClN4O4.C19H13N3O4.C18H15ClNO5P.C18H14ClNO2.C8H7N3O2/c1-14-11-16(27)7-10-21(14)29-26(34)20-12-15-5-3-4-6-18(15)23(24(20)32)31-30-22-13-17(35-2)8-9-19(22)25(28)33;1-26-13-6-7-15(19(20)25)16(9-13)21-22-17-14-5-3-2-4-11(14)8-12(10-23)18(17)24;1-11-8-14(19)6-7-16(11)20-18(21)15-9-12-4-2-3-5-13(12)10-17(15)25-26(22,23)24;1-11-8-14(19)6-7-16(11)20-18(22)15-9-12-4-2-3-5-13(12)10-17(15)21;1-13-5-2-3-6(8(9)12)7(4-5)11-10/h3-13,32H,1-2H3,(H2,28,33)(H,29,34);2-9H,1H3,(H2-,20,21,23,24,25);2-10H,1H3,(H,20,21)(H2,22,23,24);2-10,21H,1H3,(H,20,22);2-4H,1H3,(H-,9,12)/p+1. The van der Waals surface area contributed by atoms with Crippen LogP contribution in [0.5, 0.6) is 40.2 Å². The Hall–Kier alpha value is -15.2. The highest BCUT2D eigenvalue weighted by Gasteiger charge is 2.26. The lowest BCUT2D eigenvalue weighted by molar-refractivity contribution is -0.211. The Bertz CT molecular complexity index is 6620. The average molecular weight is 1720 g/mol. The van der Waals surface area contributed by atoms with E-state index in [0.29, 0.717) is 76.3 Å². The van der Waals surface area contributed by atoms with Crippen molar-refractivity contribution in [1.29, 1.82) is 5.39 Å². The van der Waals surface area contributed by atoms with Crippen LogP contribution in [0.15, 0.2) is 263 Å². The Kier molecular flexibility index (Phi) is 29.4. The van der Waals surface area contributed by atoms with Crippen molar-refractivity contribution in [3.63, 3.8) is 0 Å². The number of ether oxygens (including phenoxy) is 3. The van der Waals surface area contributed by atoms with Crippen molar-refractivity contribution >= 4 is 173 Å². The first kappa shape index (κ1) is 89.1. The second-order valence-corrected chi connectivity index (χ2v) is 28.7. The number of phenols is 3. The van der Waals surface area contributed by atoms with Crippen LogP contribution in [-0.4, -0.2) is 83.3 Å². The third kappa shape index (κ3) is 22.5. The lowest BCUT2D eigenvalue weighted by Gasteiger charge is -2.20. The number of nitrogens with one attached hydrogen (secondary N) is 3. The van der Waals surface area contributed by atoms with Gasteiger partial charge in [-0.1, -0.05) is 120 Å². The van der Waals surface area contributed by atoms with Crippen LogP contribution in [0.2, 0.25) is 15.1 Å². The van der Waals surface area contributed by atoms with Crippen LogP contribution in [0.3, 0.4) is 0 Å². The molecule has 0 spiro atoms. The molecule has 29 nitrogen and oxygen atoms in total. The molecule has 0 heterocycles. The molecule has 1 unspecified atom stereocenters. The molecule has 614 valence electrons. The number of diazo groups is 1. The highest BCUT2D eigenvalue weighted by atomic mass is 35.5. The normalized spacial score (nSPS) is 11.2. The molecule has 0 saturated carbocycles. The number of carbonyl (C=O) groups excluding carboxylic acids is 7. The van der Waals surface area contributed by atoms with Crippen molar-refractivity contribution in [3.8, 4) is 40.2 Å². The first-order chi connectivity index (χ1) is 58.3. The van der Waals surface area contributed by atoms with Gasteiger partial charge in [0.05, 0.1) is 61.3 Å². The van der Waals surface area contributed by atoms with Crippen molar-refractivity contribution in [1.82, 2.24) is 0 Å². The Morgan fingerprint density at radius 1 is 0.434 bits per heavy atom. The number of phosphoric ester groups is 1. The molecule has 14 aromatic rings. The summed E-state index contributed by atoms with van der Waals surface area (Å²) in [5.41, 5.74) is 21.2. The average Bonchev–Trinajstić information content (AvgIpc) is 0.763. The van der Waals surface area contributed by atoms with E-state index >= 15 is 0 Å². The number of benzene rings is 14. The van der Waals surface area contributed by atoms with Gasteiger partial charge in [-0.25, -0.2) is 0 Å². The fraction of sp³-hybridized carbons (Fsp3) is 0.0674. The Labute approximate surface area is 710 Å². The zero-order chi connectivity index (χ0) is 88.2. The van der Waals surface area contributed by atoms with Gasteiger partial charge in [-0.05, 0) is 198 Å². The number of phosphoric acid groups is 1. The number of carbonyl (C=O) groups is 6. The molecule has 0 radical (unpaired) electrons. The predicted octanol–water partition coefficient (Wildman–Crippen LogP) is 19.7. The number of phenolic OH excluding ortho intramolecular Hbond substituents is 3.